The minimum absolute atomic E-state index is 0.195. The lowest BCUT2D eigenvalue weighted by molar-refractivity contribution is 0.334. The molecule has 0 aromatic carbocycles. The average molecular weight is 277 g/mol. The molecule has 1 aromatic heterocycles. The molecular formula is C16H27N3O. The minimum Gasteiger partial charge on any atom is -0.495 e. The second kappa shape index (κ2) is 6.44. The maximum Gasteiger partial charge on any atom is 0.137 e. The summed E-state index contributed by atoms with van der Waals surface area (Å²) >= 11 is 0. The van der Waals surface area contributed by atoms with E-state index in [0.29, 0.717) is 5.92 Å². The monoisotopic (exact) mass is 277 g/mol. The molecule has 2 heterocycles. The van der Waals surface area contributed by atoms with Crippen molar-refractivity contribution in [1.29, 1.82) is 0 Å². The summed E-state index contributed by atoms with van der Waals surface area (Å²) < 4.78 is 5.16. The highest BCUT2D eigenvalue weighted by Crippen LogP contribution is 2.23. The predicted molar refractivity (Wildman–Crippen MR) is 83.5 cm³/mol. The number of methoxy groups -OCH3 is 1. The summed E-state index contributed by atoms with van der Waals surface area (Å²) in [4.78, 5) is 6.88. The Morgan fingerprint density at radius 2 is 2.20 bits per heavy atom. The molecule has 0 bridgehead atoms. The SMILES string of the molecule is COc1ccc(N2CCCC(CNC(C)(C)C)C2)nc1. The van der Waals surface area contributed by atoms with E-state index in [1.165, 1.54) is 12.8 Å². The lowest BCUT2D eigenvalue weighted by atomic mass is 9.96. The molecule has 1 unspecified atom stereocenters. The third-order valence-electron chi connectivity index (χ3n) is 3.72. The van der Waals surface area contributed by atoms with Gasteiger partial charge < -0.3 is 15.0 Å². The molecule has 0 spiro atoms. The van der Waals surface area contributed by atoms with Crippen molar-refractivity contribution in [3.63, 3.8) is 0 Å². The van der Waals surface area contributed by atoms with Gasteiger partial charge in [-0.1, -0.05) is 0 Å². The molecule has 1 aromatic rings. The van der Waals surface area contributed by atoms with E-state index in [4.69, 9.17) is 4.74 Å². The molecule has 1 aliphatic rings. The molecule has 0 radical (unpaired) electrons. The third-order valence-corrected chi connectivity index (χ3v) is 3.72. The Kier molecular flexibility index (Phi) is 4.86. The van der Waals surface area contributed by atoms with Crippen LogP contribution in [0.5, 0.6) is 5.75 Å². The van der Waals surface area contributed by atoms with Crippen LogP contribution in [0.3, 0.4) is 0 Å². The van der Waals surface area contributed by atoms with Gasteiger partial charge in [0.1, 0.15) is 11.6 Å². The predicted octanol–water partition coefficient (Wildman–Crippen LogP) is 2.69. The van der Waals surface area contributed by atoms with Crippen LogP contribution in [0.4, 0.5) is 5.82 Å². The highest BCUT2D eigenvalue weighted by molar-refractivity contribution is 5.41. The molecule has 1 fully saturated rings. The Balaban J connectivity index is 1.92. The first-order valence-corrected chi connectivity index (χ1v) is 7.48. The van der Waals surface area contributed by atoms with E-state index in [-0.39, 0.29) is 5.54 Å². The van der Waals surface area contributed by atoms with E-state index in [9.17, 15) is 0 Å². The fourth-order valence-corrected chi connectivity index (χ4v) is 2.57. The molecule has 2 rings (SSSR count). The average Bonchev–Trinajstić information content (AvgIpc) is 2.45. The number of ether oxygens (including phenoxy) is 1. The van der Waals surface area contributed by atoms with E-state index in [2.05, 4.69) is 42.0 Å². The molecule has 0 saturated carbocycles. The number of hydrogen-bond acceptors (Lipinski definition) is 4. The Labute approximate surface area is 122 Å². The Morgan fingerprint density at radius 3 is 2.80 bits per heavy atom. The maximum absolute atomic E-state index is 5.16. The zero-order chi connectivity index (χ0) is 14.6. The molecule has 112 valence electrons. The summed E-state index contributed by atoms with van der Waals surface area (Å²) in [6, 6.07) is 4.04. The second-order valence-electron chi connectivity index (χ2n) is 6.64. The van der Waals surface area contributed by atoms with Gasteiger partial charge in [-0.2, -0.15) is 0 Å². The van der Waals surface area contributed by atoms with Crippen LogP contribution in [0.25, 0.3) is 0 Å². The summed E-state index contributed by atoms with van der Waals surface area (Å²) in [5.74, 6) is 2.58. The molecule has 1 atom stereocenters. The first-order chi connectivity index (χ1) is 9.48. The van der Waals surface area contributed by atoms with Gasteiger partial charge in [0.2, 0.25) is 0 Å². The number of aromatic nitrogens is 1. The van der Waals surface area contributed by atoms with Crippen molar-refractivity contribution < 1.29 is 4.74 Å². The van der Waals surface area contributed by atoms with Crippen LogP contribution in [-0.2, 0) is 0 Å². The van der Waals surface area contributed by atoms with E-state index in [1.807, 2.05) is 6.07 Å². The molecular weight excluding hydrogens is 250 g/mol. The molecule has 4 nitrogen and oxygen atoms in total. The van der Waals surface area contributed by atoms with Crippen LogP contribution in [0.1, 0.15) is 33.6 Å². The van der Waals surface area contributed by atoms with Crippen LogP contribution in [-0.4, -0.2) is 37.3 Å². The number of piperidine rings is 1. The van der Waals surface area contributed by atoms with Crippen molar-refractivity contribution in [2.45, 2.75) is 39.2 Å². The lowest BCUT2D eigenvalue weighted by Crippen LogP contribution is -2.44. The fourth-order valence-electron chi connectivity index (χ4n) is 2.57. The maximum atomic E-state index is 5.16. The zero-order valence-electron chi connectivity index (χ0n) is 13.1. The van der Waals surface area contributed by atoms with Gasteiger partial charge in [-0.3, -0.25) is 0 Å². The van der Waals surface area contributed by atoms with Gasteiger partial charge in [-0.25, -0.2) is 4.98 Å². The van der Waals surface area contributed by atoms with Crippen molar-refractivity contribution in [2.75, 3.05) is 31.6 Å². The van der Waals surface area contributed by atoms with Gasteiger partial charge in [0.05, 0.1) is 13.3 Å². The van der Waals surface area contributed by atoms with Crippen LogP contribution < -0.4 is 15.0 Å². The first kappa shape index (κ1) is 15.1. The molecule has 1 saturated heterocycles. The van der Waals surface area contributed by atoms with Crippen molar-refractivity contribution in [2.24, 2.45) is 5.92 Å². The first-order valence-electron chi connectivity index (χ1n) is 7.48. The van der Waals surface area contributed by atoms with Gasteiger partial charge >= 0.3 is 0 Å². The summed E-state index contributed by atoms with van der Waals surface area (Å²) in [6.45, 7) is 9.93. The van der Waals surface area contributed by atoms with Crippen molar-refractivity contribution in [1.82, 2.24) is 10.3 Å². The summed E-state index contributed by atoms with van der Waals surface area (Å²) in [5, 5.41) is 3.61. The van der Waals surface area contributed by atoms with Gasteiger partial charge in [0, 0.05) is 25.2 Å². The summed E-state index contributed by atoms with van der Waals surface area (Å²) in [5.41, 5.74) is 0.195. The van der Waals surface area contributed by atoms with Crippen LogP contribution in [0, 0.1) is 5.92 Å². The quantitative estimate of drug-likeness (QED) is 0.918. The van der Waals surface area contributed by atoms with E-state index in [0.717, 1.165) is 31.2 Å². The van der Waals surface area contributed by atoms with Gasteiger partial charge in [0.25, 0.3) is 0 Å². The minimum atomic E-state index is 0.195. The molecule has 1 N–H and O–H groups in total. The number of rotatable bonds is 4. The normalized spacial score (nSPS) is 20.0. The number of anilines is 1. The number of nitrogens with zero attached hydrogens (tertiary/aromatic N) is 2. The molecule has 4 heteroatoms. The number of pyridine rings is 1. The van der Waals surface area contributed by atoms with Crippen LogP contribution >= 0.6 is 0 Å². The zero-order valence-corrected chi connectivity index (χ0v) is 13.1. The van der Waals surface area contributed by atoms with Crippen molar-refractivity contribution in [3.05, 3.63) is 18.3 Å². The highest BCUT2D eigenvalue weighted by atomic mass is 16.5. The largest absolute Gasteiger partial charge is 0.495 e. The lowest BCUT2D eigenvalue weighted by Gasteiger charge is -2.35. The second-order valence-corrected chi connectivity index (χ2v) is 6.64. The van der Waals surface area contributed by atoms with Gasteiger partial charge in [0.15, 0.2) is 0 Å². The van der Waals surface area contributed by atoms with E-state index in [1.54, 1.807) is 13.3 Å². The van der Waals surface area contributed by atoms with Crippen molar-refractivity contribution >= 4 is 5.82 Å². The van der Waals surface area contributed by atoms with E-state index >= 15 is 0 Å². The molecule has 0 amide bonds. The van der Waals surface area contributed by atoms with Crippen LogP contribution in [0.15, 0.2) is 18.3 Å². The Bertz CT molecular complexity index is 411. The smallest absolute Gasteiger partial charge is 0.137 e. The number of hydrogen-bond donors (Lipinski definition) is 1. The Morgan fingerprint density at radius 1 is 1.40 bits per heavy atom. The summed E-state index contributed by atoms with van der Waals surface area (Å²) in [7, 11) is 1.67. The molecule has 1 aliphatic heterocycles. The van der Waals surface area contributed by atoms with Crippen molar-refractivity contribution in [3.8, 4) is 5.75 Å². The number of nitrogens with one attached hydrogen (secondary N) is 1. The van der Waals surface area contributed by atoms with Crippen LogP contribution in [0.2, 0.25) is 0 Å². The topological polar surface area (TPSA) is 37.4 Å². The Hall–Kier alpha value is -1.29. The van der Waals surface area contributed by atoms with Gasteiger partial charge in [-0.15, -0.1) is 0 Å². The third kappa shape index (κ3) is 4.37. The van der Waals surface area contributed by atoms with Gasteiger partial charge in [-0.05, 0) is 51.7 Å². The van der Waals surface area contributed by atoms with E-state index < -0.39 is 0 Å². The molecule has 20 heavy (non-hydrogen) atoms. The summed E-state index contributed by atoms with van der Waals surface area (Å²) in [6.07, 6.45) is 4.34. The standard InChI is InChI=1S/C16H27N3O/c1-16(2,3)18-10-13-6-5-9-19(12-13)15-8-7-14(20-4)11-17-15/h7-8,11,13,18H,5-6,9-10,12H2,1-4H3. The fraction of sp³-hybridized carbons (Fsp3) is 0.688. The molecule has 0 aliphatic carbocycles. The highest BCUT2D eigenvalue weighted by Gasteiger charge is 2.22.